The minimum atomic E-state index is 0.528. The molecule has 0 aliphatic heterocycles. The van der Waals surface area contributed by atoms with Gasteiger partial charge in [0.05, 0.1) is 0 Å². The van der Waals surface area contributed by atoms with E-state index >= 15 is 0 Å². The minimum Gasteiger partial charge on any atom is -0.0622 e. The molecular formula is C24H20. The fraction of sp³-hybridized carbons (Fsp3) is 0.167. The number of aryl methyl sites for hydroxylation is 1. The number of rotatable bonds is 1. The van der Waals surface area contributed by atoms with E-state index in [9.17, 15) is 0 Å². The SMILES string of the molecule is c1ccc(C2CCCc3ccc4c(ccc5ccccc54)c32)cc1. The van der Waals surface area contributed by atoms with E-state index in [4.69, 9.17) is 0 Å². The van der Waals surface area contributed by atoms with Crippen molar-refractivity contribution < 1.29 is 0 Å². The summed E-state index contributed by atoms with van der Waals surface area (Å²) in [6.45, 7) is 0. The fourth-order valence-corrected chi connectivity index (χ4v) is 4.45. The van der Waals surface area contributed by atoms with Crippen LogP contribution < -0.4 is 0 Å². The largest absolute Gasteiger partial charge is 0.0622 e. The monoisotopic (exact) mass is 308 g/mol. The van der Waals surface area contributed by atoms with Crippen molar-refractivity contribution in [1.82, 2.24) is 0 Å². The Labute approximate surface area is 142 Å². The van der Waals surface area contributed by atoms with E-state index in [0.717, 1.165) is 0 Å². The highest BCUT2D eigenvalue weighted by Crippen LogP contribution is 2.42. The third kappa shape index (κ3) is 2.06. The smallest absolute Gasteiger partial charge is 0.00983 e. The van der Waals surface area contributed by atoms with Gasteiger partial charge < -0.3 is 0 Å². The number of hydrogen-bond donors (Lipinski definition) is 0. The molecule has 1 aliphatic rings. The molecule has 5 rings (SSSR count). The van der Waals surface area contributed by atoms with E-state index in [1.54, 1.807) is 5.56 Å². The van der Waals surface area contributed by atoms with E-state index in [0.29, 0.717) is 5.92 Å². The zero-order chi connectivity index (χ0) is 15.9. The Balaban J connectivity index is 1.83. The number of hydrogen-bond acceptors (Lipinski definition) is 0. The van der Waals surface area contributed by atoms with Crippen LogP contribution in [0.25, 0.3) is 21.5 Å². The van der Waals surface area contributed by atoms with E-state index in [-0.39, 0.29) is 0 Å². The van der Waals surface area contributed by atoms with Gasteiger partial charge in [0, 0.05) is 5.92 Å². The van der Waals surface area contributed by atoms with Gasteiger partial charge in [-0.25, -0.2) is 0 Å². The number of fused-ring (bicyclic) bond motifs is 5. The number of benzene rings is 4. The van der Waals surface area contributed by atoms with Crippen LogP contribution in [0.3, 0.4) is 0 Å². The molecule has 4 aromatic rings. The Morgan fingerprint density at radius 2 is 1.42 bits per heavy atom. The van der Waals surface area contributed by atoms with Crippen LogP contribution in [-0.2, 0) is 6.42 Å². The maximum Gasteiger partial charge on any atom is 0.00983 e. The summed E-state index contributed by atoms with van der Waals surface area (Å²) < 4.78 is 0. The van der Waals surface area contributed by atoms with Crippen LogP contribution in [0.5, 0.6) is 0 Å². The summed E-state index contributed by atoms with van der Waals surface area (Å²) in [5, 5.41) is 5.54. The molecule has 0 nitrogen and oxygen atoms in total. The third-order valence-corrected chi connectivity index (χ3v) is 5.55. The maximum absolute atomic E-state index is 2.37. The zero-order valence-electron chi connectivity index (χ0n) is 13.7. The van der Waals surface area contributed by atoms with Crippen molar-refractivity contribution in [2.75, 3.05) is 0 Å². The van der Waals surface area contributed by atoms with Gasteiger partial charge in [-0.3, -0.25) is 0 Å². The molecule has 0 heterocycles. The molecule has 0 N–H and O–H groups in total. The van der Waals surface area contributed by atoms with E-state index in [1.165, 1.54) is 51.9 Å². The maximum atomic E-state index is 2.37. The average Bonchev–Trinajstić information content (AvgIpc) is 2.67. The van der Waals surface area contributed by atoms with Crippen LogP contribution in [0.1, 0.15) is 35.4 Å². The average molecular weight is 308 g/mol. The van der Waals surface area contributed by atoms with E-state index in [2.05, 4.69) is 78.9 Å². The van der Waals surface area contributed by atoms with Gasteiger partial charge in [-0.1, -0.05) is 78.9 Å². The van der Waals surface area contributed by atoms with Crippen LogP contribution in [0.2, 0.25) is 0 Å². The van der Waals surface area contributed by atoms with Crippen LogP contribution in [-0.4, -0.2) is 0 Å². The molecule has 0 heteroatoms. The fourth-order valence-electron chi connectivity index (χ4n) is 4.45. The predicted octanol–water partition coefficient (Wildman–Crippen LogP) is 6.46. The lowest BCUT2D eigenvalue weighted by Crippen LogP contribution is -2.11. The van der Waals surface area contributed by atoms with Gasteiger partial charge >= 0.3 is 0 Å². The Hall–Kier alpha value is -2.60. The second-order valence-corrected chi connectivity index (χ2v) is 6.88. The summed E-state index contributed by atoms with van der Waals surface area (Å²) in [5.74, 6) is 0.528. The van der Waals surface area contributed by atoms with Gasteiger partial charge in [-0.2, -0.15) is 0 Å². The molecule has 0 saturated heterocycles. The van der Waals surface area contributed by atoms with Crippen LogP contribution in [0.4, 0.5) is 0 Å². The highest BCUT2D eigenvalue weighted by atomic mass is 14.3. The van der Waals surface area contributed by atoms with Crippen molar-refractivity contribution in [3.63, 3.8) is 0 Å². The molecule has 0 radical (unpaired) electrons. The van der Waals surface area contributed by atoms with E-state index < -0.39 is 0 Å². The molecule has 0 amide bonds. The van der Waals surface area contributed by atoms with Crippen LogP contribution in [0.15, 0.2) is 78.9 Å². The highest BCUT2D eigenvalue weighted by Gasteiger charge is 2.24. The lowest BCUT2D eigenvalue weighted by atomic mass is 9.76. The molecule has 116 valence electrons. The second kappa shape index (κ2) is 5.49. The van der Waals surface area contributed by atoms with Gasteiger partial charge in [0.2, 0.25) is 0 Å². The summed E-state index contributed by atoms with van der Waals surface area (Å²) in [6, 6.07) is 29.1. The molecule has 24 heavy (non-hydrogen) atoms. The van der Waals surface area contributed by atoms with E-state index in [1.807, 2.05) is 0 Å². The standard InChI is InChI=1S/C24H20/c1-2-7-17(8-3-1)21-12-6-10-19-14-15-22-20-11-5-4-9-18(20)13-16-23(22)24(19)21/h1-5,7-9,11,13-16,21H,6,10,12H2. The first-order valence-corrected chi connectivity index (χ1v) is 8.90. The Morgan fingerprint density at radius 3 is 2.33 bits per heavy atom. The molecule has 1 unspecified atom stereocenters. The molecule has 0 fully saturated rings. The van der Waals surface area contributed by atoms with Crippen molar-refractivity contribution >= 4 is 21.5 Å². The highest BCUT2D eigenvalue weighted by molar-refractivity contribution is 6.09. The molecule has 0 aromatic heterocycles. The summed E-state index contributed by atoms with van der Waals surface area (Å²) in [5.41, 5.74) is 4.56. The molecule has 4 aromatic carbocycles. The summed E-state index contributed by atoms with van der Waals surface area (Å²) >= 11 is 0. The Bertz CT molecular complexity index is 1030. The molecule has 1 aliphatic carbocycles. The normalized spacial score (nSPS) is 17.1. The molecule has 1 atom stereocenters. The first-order chi connectivity index (χ1) is 11.9. The van der Waals surface area contributed by atoms with Crippen molar-refractivity contribution in [2.24, 2.45) is 0 Å². The predicted molar refractivity (Wildman–Crippen MR) is 103 cm³/mol. The van der Waals surface area contributed by atoms with Gasteiger partial charge in [0.15, 0.2) is 0 Å². The first-order valence-electron chi connectivity index (χ1n) is 8.90. The first kappa shape index (κ1) is 13.8. The minimum absolute atomic E-state index is 0.528. The van der Waals surface area contributed by atoms with Crippen LogP contribution in [0, 0.1) is 0 Å². The van der Waals surface area contributed by atoms with Crippen molar-refractivity contribution in [2.45, 2.75) is 25.2 Å². The topological polar surface area (TPSA) is 0 Å². The lowest BCUT2D eigenvalue weighted by molar-refractivity contribution is 0.620. The second-order valence-electron chi connectivity index (χ2n) is 6.88. The summed E-state index contributed by atoms with van der Waals surface area (Å²) in [7, 11) is 0. The quantitative estimate of drug-likeness (QED) is 0.354. The van der Waals surface area contributed by atoms with Gasteiger partial charge in [-0.05, 0) is 57.5 Å². The molecule has 0 saturated carbocycles. The molecule has 0 bridgehead atoms. The van der Waals surface area contributed by atoms with Crippen molar-refractivity contribution in [1.29, 1.82) is 0 Å². The Morgan fingerprint density at radius 1 is 0.625 bits per heavy atom. The molecule has 0 spiro atoms. The van der Waals surface area contributed by atoms with Crippen molar-refractivity contribution in [3.05, 3.63) is 95.6 Å². The van der Waals surface area contributed by atoms with Crippen molar-refractivity contribution in [3.8, 4) is 0 Å². The van der Waals surface area contributed by atoms with Gasteiger partial charge in [-0.15, -0.1) is 0 Å². The zero-order valence-corrected chi connectivity index (χ0v) is 13.7. The molecular weight excluding hydrogens is 288 g/mol. The van der Waals surface area contributed by atoms with Crippen LogP contribution >= 0.6 is 0 Å². The Kier molecular flexibility index (Phi) is 3.16. The summed E-state index contributed by atoms with van der Waals surface area (Å²) in [6.07, 6.45) is 3.75. The van der Waals surface area contributed by atoms with Gasteiger partial charge in [0.25, 0.3) is 0 Å². The summed E-state index contributed by atoms with van der Waals surface area (Å²) in [4.78, 5) is 0. The third-order valence-electron chi connectivity index (χ3n) is 5.55. The lowest BCUT2D eigenvalue weighted by Gasteiger charge is -2.28. The van der Waals surface area contributed by atoms with Gasteiger partial charge in [0.1, 0.15) is 0 Å².